The standard InChI is InChI=1S/C15H16N4O2S/c1-18-12-9-19(8-7-11(12)13(17-18)14(20)21)15(22)16-10-5-3-2-4-6-10/h2-6H,7-9H2,1H3,(H,16,22)(H,20,21). The number of carbonyl (C=O) groups is 1. The summed E-state index contributed by atoms with van der Waals surface area (Å²) in [6.45, 7) is 1.24. The maximum absolute atomic E-state index is 11.2. The van der Waals surface area contributed by atoms with E-state index in [9.17, 15) is 9.90 Å². The van der Waals surface area contributed by atoms with Crippen LogP contribution in [0.4, 0.5) is 5.69 Å². The fourth-order valence-corrected chi connectivity index (χ4v) is 2.91. The van der Waals surface area contributed by atoms with Gasteiger partial charge in [-0.2, -0.15) is 5.10 Å². The molecule has 7 heteroatoms. The van der Waals surface area contributed by atoms with Gasteiger partial charge in [-0.05, 0) is 30.8 Å². The summed E-state index contributed by atoms with van der Waals surface area (Å²) in [5, 5.41) is 17.1. The molecular weight excluding hydrogens is 300 g/mol. The minimum atomic E-state index is -0.977. The zero-order chi connectivity index (χ0) is 15.7. The van der Waals surface area contributed by atoms with Crippen LogP contribution in [-0.2, 0) is 20.0 Å². The lowest BCUT2D eigenvalue weighted by molar-refractivity contribution is 0.0688. The van der Waals surface area contributed by atoms with Crippen molar-refractivity contribution in [3.8, 4) is 0 Å². The summed E-state index contributed by atoms with van der Waals surface area (Å²) in [5.41, 5.74) is 2.81. The number of benzene rings is 1. The van der Waals surface area contributed by atoms with E-state index in [0.717, 1.165) is 16.9 Å². The molecule has 0 radical (unpaired) electrons. The van der Waals surface area contributed by atoms with Crippen LogP contribution in [0.25, 0.3) is 0 Å². The summed E-state index contributed by atoms with van der Waals surface area (Å²) >= 11 is 5.46. The van der Waals surface area contributed by atoms with Gasteiger partial charge in [0.1, 0.15) is 0 Å². The molecule has 1 aliphatic heterocycles. The lowest BCUT2D eigenvalue weighted by Crippen LogP contribution is -2.39. The van der Waals surface area contributed by atoms with Crippen molar-refractivity contribution in [3.63, 3.8) is 0 Å². The molecule has 0 saturated heterocycles. The predicted octanol–water partition coefficient (Wildman–Crippen LogP) is 1.87. The zero-order valence-electron chi connectivity index (χ0n) is 12.1. The molecule has 0 fully saturated rings. The maximum atomic E-state index is 11.2. The van der Waals surface area contributed by atoms with E-state index in [1.807, 2.05) is 35.2 Å². The number of hydrogen-bond donors (Lipinski definition) is 2. The van der Waals surface area contributed by atoms with Gasteiger partial charge in [0.2, 0.25) is 0 Å². The Bertz CT molecular complexity index is 727. The first-order chi connectivity index (χ1) is 10.6. The van der Waals surface area contributed by atoms with E-state index in [2.05, 4.69) is 10.4 Å². The molecule has 0 saturated carbocycles. The van der Waals surface area contributed by atoms with Crippen LogP contribution in [0.1, 0.15) is 21.7 Å². The number of aromatic carboxylic acids is 1. The van der Waals surface area contributed by atoms with E-state index in [-0.39, 0.29) is 5.69 Å². The molecule has 1 aromatic carbocycles. The van der Waals surface area contributed by atoms with Crippen molar-refractivity contribution >= 4 is 29.0 Å². The topological polar surface area (TPSA) is 70.4 Å². The second-order valence-corrected chi connectivity index (χ2v) is 5.56. The van der Waals surface area contributed by atoms with Gasteiger partial charge in [0, 0.05) is 24.8 Å². The Labute approximate surface area is 133 Å². The summed E-state index contributed by atoms with van der Waals surface area (Å²) in [7, 11) is 1.77. The highest BCUT2D eigenvalue weighted by atomic mass is 32.1. The summed E-state index contributed by atoms with van der Waals surface area (Å²) in [5.74, 6) is -0.977. The van der Waals surface area contributed by atoms with Gasteiger partial charge in [-0.25, -0.2) is 4.79 Å². The number of aryl methyl sites for hydroxylation is 1. The van der Waals surface area contributed by atoms with E-state index in [1.165, 1.54) is 0 Å². The highest BCUT2D eigenvalue weighted by Gasteiger charge is 2.27. The number of nitrogens with zero attached hydrogens (tertiary/aromatic N) is 3. The Morgan fingerprint density at radius 1 is 1.36 bits per heavy atom. The number of aromatic nitrogens is 2. The van der Waals surface area contributed by atoms with E-state index in [1.54, 1.807) is 11.7 Å². The second-order valence-electron chi connectivity index (χ2n) is 5.17. The quantitative estimate of drug-likeness (QED) is 0.824. The zero-order valence-corrected chi connectivity index (χ0v) is 12.9. The van der Waals surface area contributed by atoms with Crippen molar-refractivity contribution in [2.24, 2.45) is 7.05 Å². The minimum absolute atomic E-state index is 0.152. The molecule has 22 heavy (non-hydrogen) atoms. The number of carboxylic acid groups (broad SMARTS) is 1. The third-order valence-corrected chi connectivity index (χ3v) is 4.12. The van der Waals surface area contributed by atoms with Gasteiger partial charge >= 0.3 is 5.97 Å². The van der Waals surface area contributed by atoms with Crippen molar-refractivity contribution < 1.29 is 9.90 Å². The van der Waals surface area contributed by atoms with Crippen LogP contribution in [0.3, 0.4) is 0 Å². The van der Waals surface area contributed by atoms with Crippen molar-refractivity contribution in [2.45, 2.75) is 13.0 Å². The van der Waals surface area contributed by atoms with Gasteiger partial charge in [-0.3, -0.25) is 4.68 Å². The first kappa shape index (κ1) is 14.5. The summed E-state index contributed by atoms with van der Waals surface area (Å²) in [6.07, 6.45) is 0.626. The number of carboxylic acids is 1. The van der Waals surface area contributed by atoms with Crippen LogP contribution in [-0.4, -0.2) is 37.4 Å². The molecule has 2 aromatic rings. The van der Waals surface area contributed by atoms with Gasteiger partial charge in [0.15, 0.2) is 10.8 Å². The molecule has 1 aromatic heterocycles. The number of hydrogen-bond acceptors (Lipinski definition) is 3. The van der Waals surface area contributed by atoms with E-state index >= 15 is 0 Å². The van der Waals surface area contributed by atoms with Gasteiger partial charge in [0.25, 0.3) is 0 Å². The third-order valence-electron chi connectivity index (χ3n) is 3.76. The first-order valence-corrected chi connectivity index (χ1v) is 7.36. The summed E-state index contributed by atoms with van der Waals surface area (Å²) in [4.78, 5) is 13.2. The SMILES string of the molecule is Cn1nc(C(=O)O)c2c1CN(C(=S)Nc1ccccc1)CC2. The van der Waals surface area contributed by atoms with Crippen LogP contribution in [0, 0.1) is 0 Å². The summed E-state index contributed by atoms with van der Waals surface area (Å²) in [6, 6.07) is 9.74. The van der Waals surface area contributed by atoms with Crippen LogP contribution >= 0.6 is 12.2 Å². The van der Waals surface area contributed by atoms with Crippen molar-refractivity contribution in [3.05, 3.63) is 47.3 Å². The number of anilines is 1. The first-order valence-electron chi connectivity index (χ1n) is 6.95. The van der Waals surface area contributed by atoms with Crippen LogP contribution in [0.15, 0.2) is 30.3 Å². The predicted molar refractivity (Wildman–Crippen MR) is 86.9 cm³/mol. The highest BCUT2D eigenvalue weighted by Crippen LogP contribution is 2.22. The molecule has 0 aliphatic carbocycles. The number of para-hydroxylation sites is 1. The third kappa shape index (κ3) is 2.67. The molecular formula is C15H16N4O2S. The Morgan fingerprint density at radius 2 is 2.09 bits per heavy atom. The van der Waals surface area contributed by atoms with Crippen molar-refractivity contribution in [2.75, 3.05) is 11.9 Å². The lowest BCUT2D eigenvalue weighted by Gasteiger charge is -2.30. The fraction of sp³-hybridized carbons (Fsp3) is 0.267. The average Bonchev–Trinajstić information content (AvgIpc) is 2.85. The molecule has 2 N–H and O–H groups in total. The van der Waals surface area contributed by atoms with E-state index in [4.69, 9.17) is 12.2 Å². The number of rotatable bonds is 2. The molecule has 0 amide bonds. The maximum Gasteiger partial charge on any atom is 0.356 e. The molecule has 0 bridgehead atoms. The van der Waals surface area contributed by atoms with Crippen LogP contribution in [0.5, 0.6) is 0 Å². The van der Waals surface area contributed by atoms with Crippen molar-refractivity contribution in [1.82, 2.24) is 14.7 Å². The monoisotopic (exact) mass is 316 g/mol. The van der Waals surface area contributed by atoms with Crippen molar-refractivity contribution in [1.29, 1.82) is 0 Å². The van der Waals surface area contributed by atoms with Gasteiger partial charge < -0.3 is 15.3 Å². The molecule has 0 unspecified atom stereocenters. The number of thiocarbonyl (C=S) groups is 1. The molecule has 3 rings (SSSR count). The smallest absolute Gasteiger partial charge is 0.356 e. The highest BCUT2D eigenvalue weighted by molar-refractivity contribution is 7.80. The average molecular weight is 316 g/mol. The lowest BCUT2D eigenvalue weighted by atomic mass is 10.0. The molecule has 0 spiro atoms. The number of nitrogens with one attached hydrogen (secondary N) is 1. The van der Waals surface area contributed by atoms with Crippen LogP contribution < -0.4 is 5.32 Å². The van der Waals surface area contributed by atoms with Crippen LogP contribution in [0.2, 0.25) is 0 Å². The largest absolute Gasteiger partial charge is 0.476 e. The summed E-state index contributed by atoms with van der Waals surface area (Å²) < 4.78 is 1.63. The molecule has 1 aliphatic rings. The van der Waals surface area contributed by atoms with Gasteiger partial charge in [0.05, 0.1) is 12.2 Å². The molecule has 114 valence electrons. The second kappa shape index (κ2) is 5.76. The fourth-order valence-electron chi connectivity index (χ4n) is 2.64. The Morgan fingerprint density at radius 3 is 2.77 bits per heavy atom. The Kier molecular flexibility index (Phi) is 3.81. The van der Waals surface area contributed by atoms with Gasteiger partial charge in [-0.15, -0.1) is 0 Å². The Hall–Kier alpha value is -2.41. The molecule has 2 heterocycles. The number of fused-ring (bicyclic) bond motifs is 1. The molecule has 6 nitrogen and oxygen atoms in total. The molecule has 0 atom stereocenters. The Balaban J connectivity index is 1.77. The van der Waals surface area contributed by atoms with E-state index < -0.39 is 5.97 Å². The normalized spacial score (nSPS) is 13.6. The minimum Gasteiger partial charge on any atom is -0.476 e. The van der Waals surface area contributed by atoms with E-state index in [0.29, 0.717) is 24.6 Å². The van der Waals surface area contributed by atoms with Gasteiger partial charge in [-0.1, -0.05) is 18.2 Å².